The zero-order valence-corrected chi connectivity index (χ0v) is 26.1. The number of hydrogen-bond donors (Lipinski definition) is 1. The van der Waals surface area contributed by atoms with Gasteiger partial charge >= 0.3 is 5.97 Å². The summed E-state index contributed by atoms with van der Waals surface area (Å²) in [4.78, 5) is 32.2. The predicted molar refractivity (Wildman–Crippen MR) is 172 cm³/mol. The average Bonchev–Trinajstić information content (AvgIpc) is 3.23. The number of rotatable bonds is 7. The summed E-state index contributed by atoms with van der Waals surface area (Å²) in [6, 6.07) is 20.7. The Balaban J connectivity index is 1.37. The van der Waals surface area contributed by atoms with E-state index in [2.05, 4.69) is 45.2 Å². The minimum absolute atomic E-state index is 0.0248. The van der Waals surface area contributed by atoms with Gasteiger partial charge < -0.3 is 9.84 Å². The van der Waals surface area contributed by atoms with Crippen molar-refractivity contribution in [3.63, 3.8) is 0 Å². The van der Waals surface area contributed by atoms with E-state index in [1.54, 1.807) is 24.3 Å². The van der Waals surface area contributed by atoms with E-state index in [0.717, 1.165) is 60.6 Å². The monoisotopic (exact) mass is 764 g/mol. The van der Waals surface area contributed by atoms with Crippen molar-refractivity contribution in [3.8, 4) is 5.75 Å². The van der Waals surface area contributed by atoms with E-state index in [4.69, 9.17) is 14.8 Å². The first-order chi connectivity index (χ1) is 18.9. The highest BCUT2D eigenvalue weighted by molar-refractivity contribution is 14.1. The highest BCUT2D eigenvalue weighted by Gasteiger charge is 2.38. The number of halogens is 2. The van der Waals surface area contributed by atoms with Crippen LogP contribution in [0.5, 0.6) is 5.75 Å². The van der Waals surface area contributed by atoms with Gasteiger partial charge in [0, 0.05) is 6.04 Å². The Kier molecular flexibility index (Phi) is 9.28. The molecule has 1 aliphatic heterocycles. The number of carbonyl (C=O) groups excluding carboxylic acids is 1. The molecule has 2 fully saturated rings. The van der Waals surface area contributed by atoms with Crippen molar-refractivity contribution in [2.75, 3.05) is 0 Å². The van der Waals surface area contributed by atoms with E-state index in [1.165, 1.54) is 18.2 Å². The van der Waals surface area contributed by atoms with Gasteiger partial charge in [0.2, 0.25) is 0 Å². The number of para-hydroxylation sites is 1. The van der Waals surface area contributed by atoms with Crippen LogP contribution in [-0.4, -0.2) is 33.1 Å². The van der Waals surface area contributed by atoms with Crippen molar-refractivity contribution in [1.29, 1.82) is 0 Å². The van der Waals surface area contributed by atoms with Crippen LogP contribution in [0.2, 0.25) is 0 Å². The van der Waals surface area contributed by atoms with E-state index in [0.29, 0.717) is 11.5 Å². The van der Waals surface area contributed by atoms with E-state index < -0.39 is 5.97 Å². The fourth-order valence-electron chi connectivity index (χ4n) is 4.69. The number of amidine groups is 1. The molecule has 0 aromatic heterocycles. The van der Waals surface area contributed by atoms with Gasteiger partial charge in [0.15, 0.2) is 5.17 Å². The molecule has 6 nitrogen and oxygen atoms in total. The molecule has 5 rings (SSSR count). The van der Waals surface area contributed by atoms with Crippen LogP contribution in [0.3, 0.4) is 0 Å². The topological polar surface area (TPSA) is 79.2 Å². The summed E-state index contributed by atoms with van der Waals surface area (Å²) in [5.41, 5.74) is 2.91. The molecule has 9 heteroatoms. The third-order valence-electron chi connectivity index (χ3n) is 6.66. The predicted octanol–water partition coefficient (Wildman–Crippen LogP) is 8.11. The van der Waals surface area contributed by atoms with E-state index >= 15 is 0 Å². The smallest absolute Gasteiger partial charge is 0.335 e. The maximum atomic E-state index is 13.7. The zero-order valence-electron chi connectivity index (χ0n) is 21.0. The SMILES string of the molecule is O=C(O)c1ccc(COc2c(I)cc(/C=C3\SC(=Nc4ccccc4)N(C4CCCCC4)C3=O)cc2I)cc1. The number of aromatic carboxylic acids is 1. The minimum atomic E-state index is -0.949. The first kappa shape index (κ1) is 28.2. The lowest BCUT2D eigenvalue weighted by Crippen LogP contribution is -2.40. The summed E-state index contributed by atoms with van der Waals surface area (Å²) in [5, 5.41) is 9.85. The number of amides is 1. The van der Waals surface area contributed by atoms with Crippen LogP contribution in [0.25, 0.3) is 6.08 Å². The van der Waals surface area contributed by atoms with Crippen LogP contribution in [-0.2, 0) is 11.4 Å². The Morgan fingerprint density at radius 1 is 1.03 bits per heavy atom. The molecule has 1 N–H and O–H groups in total. The minimum Gasteiger partial charge on any atom is -0.487 e. The van der Waals surface area contributed by atoms with Crippen molar-refractivity contribution in [1.82, 2.24) is 4.90 Å². The normalized spacial score (nSPS) is 18.2. The summed E-state index contributed by atoms with van der Waals surface area (Å²) in [5.74, 6) is -0.159. The quantitative estimate of drug-likeness (QED) is 0.195. The average molecular weight is 764 g/mol. The Bertz CT molecular complexity index is 1410. The van der Waals surface area contributed by atoms with Crippen LogP contribution in [0, 0.1) is 7.14 Å². The Labute approximate surface area is 259 Å². The molecule has 39 heavy (non-hydrogen) atoms. The van der Waals surface area contributed by atoms with Gasteiger partial charge in [-0.25, -0.2) is 9.79 Å². The molecule has 1 saturated heterocycles. The zero-order chi connectivity index (χ0) is 27.4. The molecule has 1 saturated carbocycles. The molecule has 2 aliphatic rings. The lowest BCUT2D eigenvalue weighted by Gasteiger charge is -2.30. The molecule has 1 amide bonds. The summed E-state index contributed by atoms with van der Waals surface area (Å²) in [7, 11) is 0. The van der Waals surface area contributed by atoms with Crippen molar-refractivity contribution in [2.24, 2.45) is 4.99 Å². The number of ether oxygens (including phenoxy) is 1. The second-order valence-corrected chi connectivity index (χ2v) is 12.7. The van der Waals surface area contributed by atoms with Gasteiger partial charge in [0.1, 0.15) is 12.4 Å². The van der Waals surface area contributed by atoms with Gasteiger partial charge in [-0.1, -0.05) is 49.6 Å². The third-order valence-corrected chi connectivity index (χ3v) is 9.25. The number of carbonyl (C=O) groups is 2. The molecule has 0 atom stereocenters. The van der Waals surface area contributed by atoms with Crippen LogP contribution in [0.15, 0.2) is 76.6 Å². The number of nitrogens with zero attached hydrogens (tertiary/aromatic N) is 2. The summed E-state index contributed by atoms with van der Waals surface area (Å²) < 4.78 is 7.97. The lowest BCUT2D eigenvalue weighted by atomic mass is 9.94. The number of carboxylic acid groups (broad SMARTS) is 1. The van der Waals surface area contributed by atoms with Crippen molar-refractivity contribution in [3.05, 3.63) is 95.5 Å². The molecule has 1 heterocycles. The van der Waals surface area contributed by atoms with Crippen LogP contribution in [0.1, 0.15) is 53.6 Å². The standard InChI is InChI=1S/C30H26I2N2O4S/c31-24-15-20(16-25(32)27(24)38-18-19-11-13-21(14-12-19)29(36)37)17-26-28(35)34(23-9-5-2-6-10-23)30(39-26)33-22-7-3-1-4-8-22/h1,3-4,7-8,11-17,23H,2,5-6,9-10,18H2,(H,36,37)/b26-17-,33-30?. The fraction of sp³-hybridized carbons (Fsp3) is 0.233. The highest BCUT2D eigenvalue weighted by Crippen LogP contribution is 2.39. The summed E-state index contributed by atoms with van der Waals surface area (Å²) in [6.07, 6.45) is 7.46. The maximum Gasteiger partial charge on any atom is 0.335 e. The van der Waals surface area contributed by atoms with Crippen LogP contribution >= 0.6 is 56.9 Å². The second-order valence-electron chi connectivity index (χ2n) is 9.41. The Morgan fingerprint density at radius 2 is 1.69 bits per heavy atom. The van der Waals surface area contributed by atoms with Crippen LogP contribution in [0.4, 0.5) is 5.69 Å². The summed E-state index contributed by atoms with van der Waals surface area (Å²) >= 11 is 5.96. The molecule has 0 spiro atoms. The number of hydrogen-bond acceptors (Lipinski definition) is 5. The lowest BCUT2D eigenvalue weighted by molar-refractivity contribution is -0.124. The van der Waals surface area contributed by atoms with Gasteiger partial charge in [-0.2, -0.15) is 0 Å². The number of thioether (sulfide) groups is 1. The largest absolute Gasteiger partial charge is 0.487 e. The molecule has 3 aromatic rings. The third kappa shape index (κ3) is 6.86. The van der Waals surface area contributed by atoms with Crippen molar-refractivity contribution in [2.45, 2.75) is 44.8 Å². The van der Waals surface area contributed by atoms with Crippen LogP contribution < -0.4 is 4.74 Å². The van der Waals surface area contributed by atoms with Gasteiger partial charge in [-0.15, -0.1) is 0 Å². The van der Waals surface area contributed by atoms with E-state index in [-0.39, 0.29) is 17.5 Å². The highest BCUT2D eigenvalue weighted by atomic mass is 127. The van der Waals surface area contributed by atoms with Gasteiger partial charge in [0.05, 0.1) is 23.3 Å². The first-order valence-electron chi connectivity index (χ1n) is 12.7. The van der Waals surface area contributed by atoms with Gasteiger partial charge in [-0.05, 0) is 123 Å². The Morgan fingerprint density at radius 3 is 2.33 bits per heavy atom. The van der Waals surface area contributed by atoms with Crippen molar-refractivity contribution >= 4 is 85.8 Å². The van der Waals surface area contributed by atoms with E-state index in [9.17, 15) is 9.59 Å². The van der Waals surface area contributed by atoms with Gasteiger partial charge in [0.25, 0.3) is 5.91 Å². The molecular weight excluding hydrogens is 738 g/mol. The number of aliphatic imine (C=N–C) groups is 1. The fourth-order valence-corrected chi connectivity index (χ4v) is 7.88. The Hall–Kier alpha value is -2.38. The number of benzene rings is 3. The molecule has 0 bridgehead atoms. The molecule has 0 radical (unpaired) electrons. The van der Waals surface area contributed by atoms with Crippen molar-refractivity contribution < 1.29 is 19.4 Å². The molecular formula is C30H26I2N2O4S. The molecule has 200 valence electrons. The summed E-state index contributed by atoms with van der Waals surface area (Å²) in [6.45, 7) is 0.330. The van der Waals surface area contributed by atoms with Gasteiger partial charge in [-0.3, -0.25) is 9.69 Å². The number of carboxylic acids is 1. The maximum absolute atomic E-state index is 13.7. The van der Waals surface area contributed by atoms with E-state index in [1.807, 2.05) is 53.4 Å². The molecule has 0 unspecified atom stereocenters. The second kappa shape index (κ2) is 12.9. The first-order valence-corrected chi connectivity index (χ1v) is 15.7. The molecule has 1 aliphatic carbocycles. The molecule has 3 aromatic carbocycles.